The van der Waals surface area contributed by atoms with E-state index in [9.17, 15) is 53.2 Å². The number of carbonyl (C=O) groups excluding carboxylic acids is 5. The van der Waals surface area contributed by atoms with Gasteiger partial charge in [0.05, 0.1) is 28.5 Å². The van der Waals surface area contributed by atoms with E-state index < -0.39 is 44.4 Å². The topological polar surface area (TPSA) is 302 Å². The van der Waals surface area contributed by atoms with Gasteiger partial charge in [0.1, 0.15) is 71.0 Å². The van der Waals surface area contributed by atoms with Gasteiger partial charge in [-0.3, -0.25) is 18.9 Å². The number of aliphatic carboxylic acids is 1. The Morgan fingerprint density at radius 3 is 1.11 bits per heavy atom. The average molecular weight is 1210 g/mol. The second-order valence-electron chi connectivity index (χ2n) is 20.0. The van der Waals surface area contributed by atoms with Crippen molar-refractivity contribution in [2.45, 2.75) is 134 Å². The molecule has 23 heteroatoms. The summed E-state index contributed by atoms with van der Waals surface area (Å²) in [5.41, 5.74) is 9.24. The first-order valence-corrected chi connectivity index (χ1v) is 31.1. The summed E-state index contributed by atoms with van der Waals surface area (Å²) in [7, 11) is -0.214. The molecule has 0 amide bonds. The van der Waals surface area contributed by atoms with Gasteiger partial charge in [0.25, 0.3) is 0 Å². The van der Waals surface area contributed by atoms with Crippen molar-refractivity contribution < 1.29 is 96.4 Å². The van der Waals surface area contributed by atoms with Gasteiger partial charge in [-0.05, 0) is 122 Å². The van der Waals surface area contributed by atoms with Crippen LogP contribution in [0.2, 0.25) is 0 Å². The fourth-order valence-electron chi connectivity index (χ4n) is 8.65. The van der Waals surface area contributed by atoms with Gasteiger partial charge < -0.3 is 63.0 Å². The third-order valence-corrected chi connectivity index (χ3v) is 15.1. The number of rotatable bonds is 21. The van der Waals surface area contributed by atoms with Crippen LogP contribution in [0, 0.1) is 20.8 Å². The first-order chi connectivity index (χ1) is 37.3. The van der Waals surface area contributed by atoms with E-state index in [2.05, 4.69) is 0 Å². The van der Waals surface area contributed by atoms with Crippen molar-refractivity contribution in [3.8, 4) is 34.5 Å². The van der Waals surface area contributed by atoms with E-state index in [1.165, 1.54) is 34.7 Å². The number of cyclic esters (lactones) is 3. The zero-order chi connectivity index (χ0) is 60.6. The van der Waals surface area contributed by atoms with Gasteiger partial charge in [-0.2, -0.15) is 0 Å². The second kappa shape index (κ2) is 32.9. The molecule has 6 rings (SSSR count). The van der Waals surface area contributed by atoms with Gasteiger partial charge in [-0.1, -0.05) is 49.8 Å². The largest absolute Gasteiger partial charge is 0.507 e. The predicted octanol–water partition coefficient (Wildman–Crippen LogP) is 11.8. The molecule has 0 saturated heterocycles. The molecule has 0 aliphatic carbocycles. The van der Waals surface area contributed by atoms with Gasteiger partial charge in [0.2, 0.25) is 12.6 Å². The molecule has 3 heterocycles. The second-order valence-corrected chi connectivity index (χ2v) is 26.7. The molecular formula is C59H83ClO20P2. The van der Waals surface area contributed by atoms with Crippen LogP contribution in [0.15, 0.2) is 34.9 Å². The molecule has 0 radical (unpaired) electrons. The lowest BCUT2D eigenvalue weighted by atomic mass is 9.94. The molecule has 5 N–H and O–H groups in total. The molecule has 456 valence electrons. The monoisotopic (exact) mass is 1210 g/mol. The zero-order valence-electron chi connectivity index (χ0n) is 47.8. The van der Waals surface area contributed by atoms with Crippen molar-refractivity contribution in [3.63, 3.8) is 0 Å². The number of ether oxygens (including phenoxy) is 6. The Bertz CT molecular complexity index is 2930. The van der Waals surface area contributed by atoms with Gasteiger partial charge in [0.15, 0.2) is 0 Å². The first-order valence-electron chi connectivity index (χ1n) is 25.4. The minimum atomic E-state index is -2.84. The number of carboxylic acids is 1. The molecule has 3 aromatic rings. The number of halogens is 1. The van der Waals surface area contributed by atoms with Crippen molar-refractivity contribution >= 4 is 61.2 Å². The van der Waals surface area contributed by atoms with Crippen molar-refractivity contribution in [2.24, 2.45) is 0 Å². The minimum absolute atomic E-state index is 0. The number of fused-ring (bicyclic) bond motifs is 3. The van der Waals surface area contributed by atoms with Crippen molar-refractivity contribution in [2.75, 3.05) is 60.8 Å². The van der Waals surface area contributed by atoms with Crippen LogP contribution in [-0.2, 0) is 81.3 Å². The molecule has 0 spiro atoms. The maximum absolute atomic E-state index is 11.9. The van der Waals surface area contributed by atoms with Crippen LogP contribution in [0.5, 0.6) is 34.5 Å². The number of phenols is 3. The normalized spacial score (nSPS) is 13.3. The fourth-order valence-corrected chi connectivity index (χ4v) is 9.81. The number of allylic oxidation sites excluding steroid dienone is 6. The molecule has 0 unspecified atom stereocenters. The van der Waals surface area contributed by atoms with Crippen molar-refractivity contribution in [3.05, 3.63) is 102 Å². The molecule has 0 bridgehead atoms. The third kappa shape index (κ3) is 20.4. The van der Waals surface area contributed by atoms with E-state index in [1.54, 1.807) is 13.3 Å². The summed E-state index contributed by atoms with van der Waals surface area (Å²) in [6.07, 6.45) is 8.97. The van der Waals surface area contributed by atoms with Crippen LogP contribution in [0.3, 0.4) is 0 Å². The van der Waals surface area contributed by atoms with Gasteiger partial charge in [-0.25, -0.2) is 14.4 Å². The molecule has 3 aliphatic heterocycles. The van der Waals surface area contributed by atoms with E-state index in [1.807, 2.05) is 59.8 Å². The summed E-state index contributed by atoms with van der Waals surface area (Å²) in [5, 5.41) is 48.0. The van der Waals surface area contributed by atoms with Gasteiger partial charge in [-0.15, -0.1) is 0 Å². The number of aliphatic hydroxyl groups is 1. The van der Waals surface area contributed by atoms with Crippen LogP contribution in [0.25, 0.3) is 0 Å². The van der Waals surface area contributed by atoms with E-state index >= 15 is 0 Å². The number of aromatic hydroxyl groups is 3. The van der Waals surface area contributed by atoms with Gasteiger partial charge >= 0.3 is 29.8 Å². The van der Waals surface area contributed by atoms with Crippen LogP contribution in [0.4, 0.5) is 0 Å². The van der Waals surface area contributed by atoms with Crippen LogP contribution >= 0.6 is 26.1 Å². The quantitative estimate of drug-likeness (QED) is 0.0218. The van der Waals surface area contributed by atoms with Crippen molar-refractivity contribution in [1.29, 1.82) is 0 Å². The van der Waals surface area contributed by atoms with E-state index in [-0.39, 0.29) is 99.7 Å². The molecule has 82 heavy (non-hydrogen) atoms. The summed E-state index contributed by atoms with van der Waals surface area (Å²) in [5.74, 6) is -1.69. The number of carbonyl (C=O) groups is 6. The number of hydrogen-bond donors (Lipinski definition) is 5. The van der Waals surface area contributed by atoms with E-state index in [0.29, 0.717) is 95.3 Å². The Balaban J connectivity index is 0.000000575. The Kier molecular flexibility index (Phi) is 29.5. The molecular weight excluding hydrogens is 1130 g/mol. The molecule has 20 nitrogen and oxygen atoms in total. The summed E-state index contributed by atoms with van der Waals surface area (Å²) < 4.78 is 58.3. The summed E-state index contributed by atoms with van der Waals surface area (Å²) >= 11 is 5.34. The smallest absolute Gasteiger partial charge is 0.342 e. The zero-order valence-corrected chi connectivity index (χ0v) is 50.3. The van der Waals surface area contributed by atoms with Gasteiger partial charge in [0, 0.05) is 78.7 Å². The maximum atomic E-state index is 11.9. The lowest BCUT2D eigenvalue weighted by Crippen LogP contribution is -2.03. The summed E-state index contributed by atoms with van der Waals surface area (Å²) in [6, 6.07) is 0. The highest BCUT2D eigenvalue weighted by Gasteiger charge is 2.34. The maximum Gasteiger partial charge on any atom is 0.342 e. The number of esters is 3. The molecule has 0 fully saturated rings. The predicted molar refractivity (Wildman–Crippen MR) is 315 cm³/mol. The Hall–Kier alpha value is -6.59. The number of phenolic OH excluding ortho intramolecular Hbond substituents is 3. The van der Waals surface area contributed by atoms with Crippen molar-refractivity contribution in [1.82, 2.24) is 0 Å². The fraction of sp³-hybridized carbons (Fsp3) is 0.492. The van der Waals surface area contributed by atoms with E-state index in [0.717, 1.165) is 33.4 Å². The highest BCUT2D eigenvalue weighted by Crippen LogP contribution is 2.45. The molecule has 0 atom stereocenters. The lowest BCUT2D eigenvalue weighted by molar-refractivity contribution is -0.137. The van der Waals surface area contributed by atoms with E-state index in [4.69, 9.17) is 54.8 Å². The highest BCUT2D eigenvalue weighted by atomic mass is 35.5. The Morgan fingerprint density at radius 1 is 0.561 bits per heavy atom. The summed E-state index contributed by atoms with van der Waals surface area (Å²) in [6.45, 7) is 17.6. The lowest BCUT2D eigenvalue weighted by Gasteiger charge is -2.15. The van der Waals surface area contributed by atoms with Crippen LogP contribution in [-0.4, -0.2) is 121 Å². The van der Waals surface area contributed by atoms with Crippen LogP contribution in [0.1, 0.15) is 155 Å². The highest BCUT2D eigenvalue weighted by molar-refractivity contribution is 7.62. The Labute approximate surface area is 486 Å². The minimum Gasteiger partial charge on any atom is -0.507 e. The number of hydrogen-bond acceptors (Lipinski definition) is 19. The SMILES string of the molecule is C.C.COc1c(C)c2c(c(O)c1C/C=C(\C)CCC(=O)Cl)C(=O)OC2.COc1c(C)c2c(c(O)c1C/C=C(\C)CCC(=O)O)C(=O)OC2.COc1c(C)c2c(c(O)c1C/C=C(\C)CCC(=O)OP(C)(C)=O)C(=O)OC2.CP(C)(=O)CCO. The standard InChI is InChI=1S/C19H25O7P.C17H19ClO5.C17H20O6.C4H11O2P.2CH4/c1-11(7-9-15(20)26-27(4,5)23)6-8-13-17(21)16-14(10-25-19(16)22)12(2)18(13)24-3;2*1-9(5-7-13(18)19)4-6-11-15(20)14-12(8-23-17(14)21)10(2)16(11)22-3;1-7(2,6)4-3-5;;/h6,21H,7-10H2,1-5H3;4,20H,5-8H2,1-3H3;4,20H,5-8H2,1-3H3,(H,18,19);5H,3-4H2,1-2H3;2*1H4/b11-6+;2*9-4+;;;. The molecule has 3 aliphatic rings. The molecule has 0 aromatic heterocycles. The number of carboxylic acid groups (broad SMARTS) is 1. The molecule has 0 saturated carbocycles. The molecule has 3 aromatic carbocycles. The average Bonchev–Trinajstić information content (AvgIpc) is 3.80. The first kappa shape index (κ1) is 73.4. The Morgan fingerprint density at radius 2 is 0.866 bits per heavy atom. The number of methoxy groups -OCH3 is 3. The van der Waals surface area contributed by atoms with Crippen LogP contribution < -0.4 is 14.2 Å². The summed E-state index contributed by atoms with van der Waals surface area (Å²) in [4.78, 5) is 68.6. The number of aliphatic hydroxyl groups excluding tert-OH is 1. The third-order valence-electron chi connectivity index (χ3n) is 13.0. The number of benzene rings is 3.